The Bertz CT molecular complexity index is 307. The predicted octanol–water partition coefficient (Wildman–Crippen LogP) is 3.01. The van der Waals surface area contributed by atoms with Crippen molar-refractivity contribution in [3.8, 4) is 0 Å². The third-order valence-electron chi connectivity index (χ3n) is 2.70. The lowest BCUT2D eigenvalue weighted by atomic mass is 10.0. The first-order valence-corrected chi connectivity index (χ1v) is 6.02. The van der Waals surface area contributed by atoms with Crippen molar-refractivity contribution < 1.29 is 0 Å². The van der Waals surface area contributed by atoms with Gasteiger partial charge in [-0.3, -0.25) is 0 Å². The average molecular weight is 257 g/mol. The Morgan fingerprint density at radius 2 is 1.65 bits per heavy atom. The van der Waals surface area contributed by atoms with Crippen LogP contribution >= 0.6 is 12.4 Å². The molecule has 1 unspecified atom stereocenters. The van der Waals surface area contributed by atoms with Crippen molar-refractivity contribution in [2.24, 2.45) is 5.73 Å². The Morgan fingerprint density at radius 1 is 1.12 bits per heavy atom. The molecule has 0 heterocycles. The van der Waals surface area contributed by atoms with Crippen molar-refractivity contribution in [1.82, 2.24) is 4.90 Å². The first kappa shape index (κ1) is 16.4. The summed E-state index contributed by atoms with van der Waals surface area (Å²) in [6.07, 6.45) is 0. The number of rotatable bonds is 5. The van der Waals surface area contributed by atoms with Crippen LogP contribution in [0.25, 0.3) is 0 Å². The van der Waals surface area contributed by atoms with E-state index in [9.17, 15) is 0 Å². The van der Waals surface area contributed by atoms with Gasteiger partial charge in [-0.1, -0.05) is 38.1 Å². The molecule has 0 aliphatic carbocycles. The highest BCUT2D eigenvalue weighted by Crippen LogP contribution is 2.15. The summed E-state index contributed by atoms with van der Waals surface area (Å²) in [6, 6.07) is 9.11. The molecule has 98 valence electrons. The molecule has 0 fully saturated rings. The van der Waals surface area contributed by atoms with Crippen LogP contribution in [0.5, 0.6) is 0 Å². The van der Waals surface area contributed by atoms with Gasteiger partial charge in [0, 0.05) is 19.1 Å². The summed E-state index contributed by atoms with van der Waals surface area (Å²) in [5.41, 5.74) is 8.52. The summed E-state index contributed by atoms with van der Waals surface area (Å²) in [7, 11) is 2.11. The molecule has 1 aromatic rings. The first-order valence-electron chi connectivity index (χ1n) is 6.02. The maximum absolute atomic E-state index is 5.77. The van der Waals surface area contributed by atoms with E-state index < -0.39 is 0 Å². The van der Waals surface area contributed by atoms with Crippen LogP contribution in [0, 0.1) is 0 Å². The lowest BCUT2D eigenvalue weighted by Gasteiger charge is -2.19. The van der Waals surface area contributed by atoms with Gasteiger partial charge in [-0.05, 0) is 31.0 Å². The van der Waals surface area contributed by atoms with Gasteiger partial charge in [0.2, 0.25) is 0 Å². The van der Waals surface area contributed by atoms with Gasteiger partial charge in [0.05, 0.1) is 0 Å². The lowest BCUT2D eigenvalue weighted by molar-refractivity contribution is 0.310. The van der Waals surface area contributed by atoms with Crippen molar-refractivity contribution in [3.05, 3.63) is 35.4 Å². The van der Waals surface area contributed by atoms with Crippen molar-refractivity contribution in [1.29, 1.82) is 0 Å². The number of hydrogen-bond acceptors (Lipinski definition) is 2. The summed E-state index contributed by atoms with van der Waals surface area (Å²) in [4.78, 5) is 2.26. The molecule has 3 heteroatoms. The van der Waals surface area contributed by atoms with E-state index in [0.717, 1.165) is 13.1 Å². The number of hydrogen-bond donors (Lipinski definition) is 1. The summed E-state index contributed by atoms with van der Waals surface area (Å²) in [6.45, 7) is 8.39. The van der Waals surface area contributed by atoms with Crippen LogP contribution < -0.4 is 5.73 Å². The van der Waals surface area contributed by atoms with Crippen LogP contribution in [0.1, 0.15) is 37.8 Å². The molecule has 0 spiro atoms. The maximum atomic E-state index is 5.77. The van der Waals surface area contributed by atoms with Gasteiger partial charge < -0.3 is 10.6 Å². The fourth-order valence-electron chi connectivity index (χ4n) is 1.88. The SMILES string of the molecule is CC(N)CN(C)Cc1ccc(C(C)C)cc1.Cl. The fraction of sp³-hybridized carbons (Fsp3) is 0.571. The summed E-state index contributed by atoms with van der Waals surface area (Å²) >= 11 is 0. The maximum Gasteiger partial charge on any atom is 0.0231 e. The van der Waals surface area contributed by atoms with Gasteiger partial charge in [-0.2, -0.15) is 0 Å². The highest BCUT2D eigenvalue weighted by molar-refractivity contribution is 5.85. The minimum absolute atomic E-state index is 0. The topological polar surface area (TPSA) is 29.3 Å². The summed E-state index contributed by atoms with van der Waals surface area (Å²) in [5, 5.41) is 0. The van der Waals surface area contributed by atoms with E-state index in [4.69, 9.17) is 5.73 Å². The fourth-order valence-corrected chi connectivity index (χ4v) is 1.88. The third kappa shape index (κ3) is 6.06. The van der Waals surface area contributed by atoms with Crippen molar-refractivity contribution >= 4 is 12.4 Å². The number of benzene rings is 1. The third-order valence-corrected chi connectivity index (χ3v) is 2.70. The van der Waals surface area contributed by atoms with E-state index in [1.807, 2.05) is 6.92 Å². The van der Waals surface area contributed by atoms with Gasteiger partial charge in [-0.15, -0.1) is 12.4 Å². The Labute approximate surface area is 112 Å². The number of halogens is 1. The summed E-state index contributed by atoms with van der Waals surface area (Å²) < 4.78 is 0. The van der Waals surface area contributed by atoms with Crippen LogP contribution in [-0.2, 0) is 6.54 Å². The standard InChI is InChI=1S/C14H24N2.ClH/c1-11(2)14-7-5-13(6-8-14)10-16(4)9-12(3)15;/h5-8,11-12H,9-10,15H2,1-4H3;1H. The Kier molecular flexibility index (Phi) is 7.44. The number of nitrogens with two attached hydrogens (primary N) is 1. The molecular weight excluding hydrogens is 232 g/mol. The van der Waals surface area contributed by atoms with E-state index >= 15 is 0 Å². The van der Waals surface area contributed by atoms with E-state index in [-0.39, 0.29) is 18.4 Å². The van der Waals surface area contributed by atoms with Gasteiger partial charge in [-0.25, -0.2) is 0 Å². The number of nitrogens with zero attached hydrogens (tertiary/aromatic N) is 1. The Balaban J connectivity index is 0.00000256. The molecule has 0 aromatic heterocycles. The smallest absolute Gasteiger partial charge is 0.0231 e. The van der Waals surface area contributed by atoms with Crippen LogP contribution in [-0.4, -0.2) is 24.5 Å². The van der Waals surface area contributed by atoms with Crippen molar-refractivity contribution in [3.63, 3.8) is 0 Å². The summed E-state index contributed by atoms with van der Waals surface area (Å²) in [5.74, 6) is 0.607. The first-order chi connectivity index (χ1) is 7.49. The molecule has 1 aromatic carbocycles. The molecule has 17 heavy (non-hydrogen) atoms. The Morgan fingerprint density at radius 3 is 2.06 bits per heavy atom. The average Bonchev–Trinajstić information content (AvgIpc) is 2.16. The highest BCUT2D eigenvalue weighted by atomic mass is 35.5. The quantitative estimate of drug-likeness (QED) is 0.878. The van der Waals surface area contributed by atoms with E-state index in [1.54, 1.807) is 0 Å². The van der Waals surface area contributed by atoms with E-state index in [2.05, 4.69) is 50.1 Å². The monoisotopic (exact) mass is 256 g/mol. The van der Waals surface area contributed by atoms with E-state index in [1.165, 1.54) is 11.1 Å². The minimum atomic E-state index is 0. The second-order valence-electron chi connectivity index (χ2n) is 5.07. The minimum Gasteiger partial charge on any atom is -0.327 e. The molecule has 0 aliphatic heterocycles. The molecule has 0 aliphatic rings. The Hall–Kier alpha value is -0.570. The second kappa shape index (κ2) is 7.70. The molecular formula is C14H25ClN2. The molecule has 1 atom stereocenters. The molecule has 2 N–H and O–H groups in total. The zero-order chi connectivity index (χ0) is 12.1. The molecule has 0 saturated carbocycles. The van der Waals surface area contributed by atoms with Crippen LogP contribution in [0.4, 0.5) is 0 Å². The van der Waals surface area contributed by atoms with Gasteiger partial charge in [0.15, 0.2) is 0 Å². The van der Waals surface area contributed by atoms with Gasteiger partial charge >= 0.3 is 0 Å². The van der Waals surface area contributed by atoms with Crippen LogP contribution in [0.2, 0.25) is 0 Å². The van der Waals surface area contributed by atoms with Crippen molar-refractivity contribution in [2.45, 2.75) is 39.3 Å². The highest BCUT2D eigenvalue weighted by Gasteiger charge is 2.04. The zero-order valence-electron chi connectivity index (χ0n) is 11.3. The molecule has 0 bridgehead atoms. The van der Waals surface area contributed by atoms with E-state index in [0.29, 0.717) is 5.92 Å². The molecule has 2 nitrogen and oxygen atoms in total. The van der Waals surface area contributed by atoms with Crippen molar-refractivity contribution in [2.75, 3.05) is 13.6 Å². The van der Waals surface area contributed by atoms with Gasteiger partial charge in [0.25, 0.3) is 0 Å². The molecule has 0 amide bonds. The predicted molar refractivity (Wildman–Crippen MR) is 77.8 cm³/mol. The van der Waals surface area contributed by atoms with Gasteiger partial charge in [0.1, 0.15) is 0 Å². The second-order valence-corrected chi connectivity index (χ2v) is 5.07. The zero-order valence-corrected chi connectivity index (χ0v) is 12.1. The number of likely N-dealkylation sites (N-methyl/N-ethyl adjacent to an activating group) is 1. The van der Waals surface area contributed by atoms with Crippen LogP contribution in [0.15, 0.2) is 24.3 Å². The molecule has 1 rings (SSSR count). The lowest BCUT2D eigenvalue weighted by Crippen LogP contribution is -2.32. The van der Waals surface area contributed by atoms with Crippen LogP contribution in [0.3, 0.4) is 0 Å². The largest absolute Gasteiger partial charge is 0.327 e. The normalized spacial score (nSPS) is 12.6. The molecule has 0 radical (unpaired) electrons. The molecule has 0 saturated heterocycles.